The van der Waals surface area contributed by atoms with Crippen molar-refractivity contribution in [2.45, 2.75) is 24.9 Å². The van der Waals surface area contributed by atoms with Crippen molar-refractivity contribution >= 4 is 5.91 Å². The summed E-state index contributed by atoms with van der Waals surface area (Å²) in [4.78, 5) is 16.7. The molecule has 1 unspecified atom stereocenters. The largest absolute Gasteiger partial charge is 0.351 e. The van der Waals surface area contributed by atoms with Gasteiger partial charge in [-0.1, -0.05) is 17.3 Å². The second-order valence-electron chi connectivity index (χ2n) is 6.18. The van der Waals surface area contributed by atoms with Gasteiger partial charge in [0.25, 0.3) is 0 Å². The standard InChI is InChI=1S/C18H15F2N5O/c19-12-3-1-11(2-4-12)17(18(26)22-14-6-7-14)25-10-16(23-24-25)15-8-5-13(20)9-21-15/h1-5,8-10,14,17H,6-7H2,(H,22,26). The first-order valence-corrected chi connectivity index (χ1v) is 8.20. The minimum Gasteiger partial charge on any atom is -0.351 e. The Morgan fingerprint density at radius 2 is 1.81 bits per heavy atom. The Labute approximate surface area is 147 Å². The summed E-state index contributed by atoms with van der Waals surface area (Å²) in [7, 11) is 0. The predicted molar refractivity (Wildman–Crippen MR) is 88.9 cm³/mol. The highest BCUT2D eigenvalue weighted by Crippen LogP contribution is 2.24. The molecule has 6 nitrogen and oxygen atoms in total. The van der Waals surface area contributed by atoms with Crippen LogP contribution in [0.1, 0.15) is 24.4 Å². The number of hydrogen-bond acceptors (Lipinski definition) is 4. The van der Waals surface area contributed by atoms with Crippen LogP contribution >= 0.6 is 0 Å². The number of rotatable bonds is 5. The Morgan fingerprint density at radius 1 is 1.08 bits per heavy atom. The summed E-state index contributed by atoms with van der Waals surface area (Å²) in [6.45, 7) is 0. The maximum absolute atomic E-state index is 13.3. The average molecular weight is 355 g/mol. The summed E-state index contributed by atoms with van der Waals surface area (Å²) in [5, 5.41) is 11.0. The zero-order valence-corrected chi connectivity index (χ0v) is 13.6. The Hall–Kier alpha value is -3.16. The van der Waals surface area contributed by atoms with Gasteiger partial charge in [0.2, 0.25) is 5.91 Å². The van der Waals surface area contributed by atoms with Crippen LogP contribution in [-0.4, -0.2) is 31.9 Å². The molecule has 0 bridgehead atoms. The average Bonchev–Trinajstić information content (AvgIpc) is 3.31. The number of amides is 1. The SMILES string of the molecule is O=C(NC1CC1)C(c1ccc(F)cc1)n1cc(-c2ccc(F)cn2)nn1. The number of nitrogens with one attached hydrogen (secondary N) is 1. The summed E-state index contributed by atoms with van der Waals surface area (Å²) >= 11 is 0. The monoisotopic (exact) mass is 355 g/mol. The number of halogens is 2. The zero-order valence-electron chi connectivity index (χ0n) is 13.6. The van der Waals surface area contributed by atoms with Crippen LogP contribution in [0, 0.1) is 11.6 Å². The van der Waals surface area contributed by atoms with Crippen molar-refractivity contribution in [3.05, 3.63) is 66.0 Å². The van der Waals surface area contributed by atoms with Crippen molar-refractivity contribution in [2.75, 3.05) is 0 Å². The molecular formula is C18H15F2N5O. The molecule has 132 valence electrons. The van der Waals surface area contributed by atoms with E-state index >= 15 is 0 Å². The van der Waals surface area contributed by atoms with Crippen LogP contribution in [0.15, 0.2) is 48.8 Å². The fraction of sp³-hybridized carbons (Fsp3) is 0.222. The number of hydrogen-bond donors (Lipinski definition) is 1. The Bertz CT molecular complexity index is 920. The topological polar surface area (TPSA) is 72.7 Å². The predicted octanol–water partition coefficient (Wildman–Crippen LogP) is 2.49. The Morgan fingerprint density at radius 3 is 2.46 bits per heavy atom. The van der Waals surface area contributed by atoms with E-state index in [9.17, 15) is 13.6 Å². The second-order valence-corrected chi connectivity index (χ2v) is 6.18. The lowest BCUT2D eigenvalue weighted by Crippen LogP contribution is -2.35. The Balaban J connectivity index is 1.68. The number of carbonyl (C=O) groups is 1. The first-order chi connectivity index (χ1) is 12.6. The third-order valence-corrected chi connectivity index (χ3v) is 4.12. The lowest BCUT2D eigenvalue weighted by atomic mass is 10.1. The molecule has 0 spiro atoms. The summed E-state index contributed by atoms with van der Waals surface area (Å²) in [6.07, 6.45) is 4.56. The van der Waals surface area contributed by atoms with E-state index in [0.29, 0.717) is 17.0 Å². The molecule has 1 amide bonds. The van der Waals surface area contributed by atoms with Crippen molar-refractivity contribution in [2.24, 2.45) is 0 Å². The fourth-order valence-corrected chi connectivity index (χ4v) is 2.62. The summed E-state index contributed by atoms with van der Waals surface area (Å²) in [6, 6.07) is 7.84. The summed E-state index contributed by atoms with van der Waals surface area (Å²) in [5.41, 5.74) is 1.45. The quantitative estimate of drug-likeness (QED) is 0.763. The molecule has 0 radical (unpaired) electrons. The van der Waals surface area contributed by atoms with E-state index < -0.39 is 11.9 Å². The number of carbonyl (C=O) groups excluding carboxylic acids is 1. The second kappa shape index (κ2) is 6.62. The van der Waals surface area contributed by atoms with Crippen molar-refractivity contribution in [1.29, 1.82) is 0 Å². The van der Waals surface area contributed by atoms with E-state index in [0.717, 1.165) is 19.0 Å². The molecule has 1 saturated carbocycles. The summed E-state index contributed by atoms with van der Waals surface area (Å²) in [5.74, 6) is -1.07. The molecule has 4 rings (SSSR count). The van der Waals surface area contributed by atoms with Crippen molar-refractivity contribution in [3.63, 3.8) is 0 Å². The van der Waals surface area contributed by atoms with Gasteiger partial charge in [-0.05, 0) is 42.7 Å². The third kappa shape index (κ3) is 3.44. The molecule has 0 aliphatic heterocycles. The molecule has 26 heavy (non-hydrogen) atoms. The maximum Gasteiger partial charge on any atom is 0.249 e. The molecule has 1 aromatic carbocycles. The number of aromatic nitrogens is 4. The van der Waals surface area contributed by atoms with Crippen LogP contribution in [-0.2, 0) is 4.79 Å². The third-order valence-electron chi connectivity index (χ3n) is 4.12. The summed E-state index contributed by atoms with van der Waals surface area (Å²) < 4.78 is 27.7. The van der Waals surface area contributed by atoms with Crippen LogP contribution in [0.4, 0.5) is 8.78 Å². The fourth-order valence-electron chi connectivity index (χ4n) is 2.62. The van der Waals surface area contributed by atoms with Crippen LogP contribution in [0.3, 0.4) is 0 Å². The van der Waals surface area contributed by atoms with Crippen LogP contribution in [0.2, 0.25) is 0 Å². The van der Waals surface area contributed by atoms with Crippen molar-refractivity contribution in [3.8, 4) is 11.4 Å². The molecule has 8 heteroatoms. The van der Waals surface area contributed by atoms with Gasteiger partial charge in [-0.3, -0.25) is 9.78 Å². The lowest BCUT2D eigenvalue weighted by Gasteiger charge is -2.17. The van der Waals surface area contributed by atoms with Gasteiger partial charge in [0.05, 0.1) is 18.1 Å². The van der Waals surface area contributed by atoms with E-state index in [1.165, 1.54) is 28.9 Å². The van der Waals surface area contributed by atoms with Crippen LogP contribution in [0.25, 0.3) is 11.4 Å². The van der Waals surface area contributed by atoms with Gasteiger partial charge >= 0.3 is 0 Å². The van der Waals surface area contributed by atoms with E-state index in [2.05, 4.69) is 20.6 Å². The molecule has 1 aliphatic carbocycles. The van der Waals surface area contributed by atoms with Gasteiger partial charge in [0.15, 0.2) is 6.04 Å². The van der Waals surface area contributed by atoms with E-state index in [1.54, 1.807) is 18.3 Å². The Kier molecular flexibility index (Phi) is 4.16. The van der Waals surface area contributed by atoms with Gasteiger partial charge < -0.3 is 5.32 Å². The molecule has 1 N–H and O–H groups in total. The highest BCUT2D eigenvalue weighted by Gasteiger charge is 2.30. The van der Waals surface area contributed by atoms with E-state index in [4.69, 9.17) is 0 Å². The van der Waals surface area contributed by atoms with Crippen LogP contribution in [0.5, 0.6) is 0 Å². The minimum absolute atomic E-state index is 0.173. The van der Waals surface area contributed by atoms with E-state index in [1.807, 2.05) is 0 Å². The van der Waals surface area contributed by atoms with Gasteiger partial charge in [-0.15, -0.1) is 5.10 Å². The number of pyridine rings is 1. The molecule has 2 aromatic heterocycles. The first kappa shape index (κ1) is 16.3. The van der Waals surface area contributed by atoms with Crippen molar-refractivity contribution < 1.29 is 13.6 Å². The van der Waals surface area contributed by atoms with Gasteiger partial charge in [-0.25, -0.2) is 13.5 Å². The number of benzene rings is 1. The highest BCUT2D eigenvalue weighted by atomic mass is 19.1. The first-order valence-electron chi connectivity index (χ1n) is 8.20. The van der Waals surface area contributed by atoms with Gasteiger partial charge in [0, 0.05) is 6.04 Å². The normalized spacial score (nSPS) is 14.8. The molecule has 3 aromatic rings. The molecule has 1 fully saturated rings. The molecule has 1 aliphatic rings. The molecule has 2 heterocycles. The van der Waals surface area contributed by atoms with E-state index in [-0.39, 0.29) is 17.8 Å². The lowest BCUT2D eigenvalue weighted by molar-refractivity contribution is -0.123. The van der Waals surface area contributed by atoms with Crippen molar-refractivity contribution in [1.82, 2.24) is 25.3 Å². The number of nitrogens with zero attached hydrogens (tertiary/aromatic N) is 4. The smallest absolute Gasteiger partial charge is 0.249 e. The molecular weight excluding hydrogens is 340 g/mol. The molecule has 0 saturated heterocycles. The molecule has 1 atom stereocenters. The minimum atomic E-state index is -0.780. The van der Waals surface area contributed by atoms with Gasteiger partial charge in [-0.2, -0.15) is 0 Å². The highest BCUT2D eigenvalue weighted by molar-refractivity contribution is 5.84. The van der Waals surface area contributed by atoms with Gasteiger partial charge in [0.1, 0.15) is 17.3 Å². The maximum atomic E-state index is 13.3. The zero-order chi connectivity index (χ0) is 18.1. The van der Waals surface area contributed by atoms with Crippen LogP contribution < -0.4 is 5.32 Å².